The molecule has 2 bridgehead atoms. The second-order valence-electron chi connectivity index (χ2n) is 8.77. The van der Waals surface area contributed by atoms with Crippen LogP contribution in [0.3, 0.4) is 0 Å². The van der Waals surface area contributed by atoms with E-state index in [0.717, 1.165) is 50.3 Å². The van der Waals surface area contributed by atoms with Gasteiger partial charge in [-0.15, -0.1) is 0 Å². The predicted octanol–water partition coefficient (Wildman–Crippen LogP) is 2.64. The van der Waals surface area contributed by atoms with Crippen LogP contribution >= 0.6 is 0 Å². The van der Waals surface area contributed by atoms with Gasteiger partial charge in [-0.05, 0) is 56.9 Å². The van der Waals surface area contributed by atoms with Gasteiger partial charge in [-0.25, -0.2) is 9.97 Å². The number of aromatic nitrogens is 2. The van der Waals surface area contributed by atoms with Gasteiger partial charge in [-0.2, -0.15) is 0 Å². The summed E-state index contributed by atoms with van der Waals surface area (Å²) in [5.74, 6) is 1.10. The lowest BCUT2D eigenvalue weighted by Crippen LogP contribution is -2.53. The fourth-order valence-electron chi connectivity index (χ4n) is 4.33. The Morgan fingerprint density at radius 1 is 1.21 bits per heavy atom. The summed E-state index contributed by atoms with van der Waals surface area (Å²) in [7, 11) is 0. The number of rotatable bonds is 5. The van der Waals surface area contributed by atoms with Crippen LogP contribution in [0.1, 0.15) is 55.5 Å². The first kappa shape index (κ1) is 18.5. The molecule has 7 heteroatoms. The quantitative estimate of drug-likeness (QED) is 0.533. The summed E-state index contributed by atoms with van der Waals surface area (Å²) in [6, 6.07) is 8.23. The summed E-state index contributed by atoms with van der Waals surface area (Å²) < 4.78 is 11.7. The zero-order valence-electron chi connectivity index (χ0n) is 16.6. The molecular formula is C22H27N5O2. The first-order valence-corrected chi connectivity index (χ1v) is 10.3. The van der Waals surface area contributed by atoms with Crippen molar-refractivity contribution < 1.29 is 9.47 Å². The van der Waals surface area contributed by atoms with Crippen LogP contribution < -0.4 is 15.8 Å². The fraction of sp³-hybridized carbons (Fsp3) is 0.500. The smallest absolute Gasteiger partial charge is 0.120 e. The number of anilines is 1. The molecule has 3 aliphatic rings. The van der Waals surface area contributed by atoms with Crippen molar-refractivity contribution in [2.24, 2.45) is 0 Å². The number of hydrogen-bond acceptors (Lipinski definition) is 7. The molecule has 4 N–H and O–H groups in total. The van der Waals surface area contributed by atoms with E-state index in [0.29, 0.717) is 40.7 Å². The topological polar surface area (TPSA) is 106 Å². The van der Waals surface area contributed by atoms with Crippen molar-refractivity contribution in [2.75, 3.05) is 18.9 Å². The van der Waals surface area contributed by atoms with Crippen LogP contribution in [0.4, 0.5) is 5.69 Å². The molecule has 2 unspecified atom stereocenters. The minimum Gasteiger partial charge on any atom is -0.488 e. The van der Waals surface area contributed by atoms with Crippen molar-refractivity contribution >= 4 is 11.4 Å². The first-order valence-electron chi connectivity index (χ1n) is 10.3. The fourth-order valence-corrected chi connectivity index (χ4v) is 4.33. The second kappa shape index (κ2) is 7.07. The number of nitrogens with zero attached hydrogens (tertiary/aromatic N) is 2. The summed E-state index contributed by atoms with van der Waals surface area (Å²) >= 11 is 0. The SMILES string of the molecule is CC1(Oc2ccc(N)c(C(=N)c3cc(C4CC5COCC(C4)N5)ncn3)c2)CC1. The predicted molar refractivity (Wildman–Crippen MR) is 111 cm³/mol. The van der Waals surface area contributed by atoms with Crippen molar-refractivity contribution in [1.29, 1.82) is 5.41 Å². The number of fused-ring (bicyclic) bond motifs is 2. The molecule has 29 heavy (non-hydrogen) atoms. The van der Waals surface area contributed by atoms with Gasteiger partial charge in [0.05, 0.1) is 24.6 Å². The number of piperidine rings is 1. The van der Waals surface area contributed by atoms with E-state index in [1.54, 1.807) is 12.4 Å². The number of morpholine rings is 1. The Bertz CT molecular complexity index is 931. The standard InChI is InChI=1S/C22H27N5O2/c1-22(4-5-22)29-16-2-3-18(23)17(8-16)21(24)20-9-19(25-12-26-20)13-6-14-10-28-11-15(7-13)27-14/h2-3,8-9,12-15,24,27H,4-7,10-11,23H2,1H3. The zero-order valence-corrected chi connectivity index (χ0v) is 16.6. The number of benzene rings is 1. The van der Waals surface area contributed by atoms with Gasteiger partial charge in [0.25, 0.3) is 0 Å². The molecule has 7 nitrogen and oxygen atoms in total. The van der Waals surface area contributed by atoms with Gasteiger partial charge < -0.3 is 20.5 Å². The molecule has 5 rings (SSSR count). The van der Waals surface area contributed by atoms with Gasteiger partial charge in [0.2, 0.25) is 0 Å². The largest absolute Gasteiger partial charge is 0.488 e. The third-order valence-electron chi connectivity index (χ3n) is 6.22. The van der Waals surface area contributed by atoms with Gasteiger partial charge in [-0.3, -0.25) is 5.41 Å². The van der Waals surface area contributed by atoms with Crippen LogP contribution in [0.25, 0.3) is 0 Å². The van der Waals surface area contributed by atoms with Gasteiger partial charge in [0.15, 0.2) is 0 Å². The van der Waals surface area contributed by atoms with Crippen LogP contribution in [0, 0.1) is 5.41 Å². The summed E-state index contributed by atoms with van der Waals surface area (Å²) in [5.41, 5.74) is 9.20. The lowest BCUT2D eigenvalue weighted by Gasteiger charge is -2.39. The van der Waals surface area contributed by atoms with E-state index in [1.165, 1.54) is 0 Å². The highest BCUT2D eigenvalue weighted by molar-refractivity contribution is 6.12. The monoisotopic (exact) mass is 393 g/mol. The maximum atomic E-state index is 8.73. The molecule has 2 aromatic rings. The van der Waals surface area contributed by atoms with Crippen LogP contribution in [0.15, 0.2) is 30.6 Å². The van der Waals surface area contributed by atoms with E-state index >= 15 is 0 Å². The average molecular weight is 393 g/mol. The van der Waals surface area contributed by atoms with Crippen molar-refractivity contribution in [3.63, 3.8) is 0 Å². The Hall–Kier alpha value is -2.51. The molecular weight excluding hydrogens is 366 g/mol. The van der Waals surface area contributed by atoms with E-state index in [4.69, 9.17) is 20.6 Å². The van der Waals surface area contributed by atoms with E-state index in [1.807, 2.05) is 18.2 Å². The van der Waals surface area contributed by atoms with Crippen molar-refractivity contribution in [2.45, 2.75) is 56.2 Å². The van der Waals surface area contributed by atoms with Crippen molar-refractivity contribution in [3.05, 3.63) is 47.5 Å². The Morgan fingerprint density at radius 2 is 1.97 bits per heavy atom. The number of hydrogen-bond donors (Lipinski definition) is 3. The Balaban J connectivity index is 1.39. The number of nitrogen functional groups attached to an aromatic ring is 1. The third-order valence-corrected chi connectivity index (χ3v) is 6.22. The highest BCUT2D eigenvalue weighted by Crippen LogP contribution is 2.40. The second-order valence-corrected chi connectivity index (χ2v) is 8.77. The molecule has 2 saturated heterocycles. The molecule has 2 atom stereocenters. The summed E-state index contributed by atoms with van der Waals surface area (Å²) in [4.78, 5) is 8.90. The van der Waals surface area contributed by atoms with Gasteiger partial charge in [0, 0.05) is 34.9 Å². The van der Waals surface area contributed by atoms with E-state index in [9.17, 15) is 0 Å². The van der Waals surface area contributed by atoms with Crippen LogP contribution in [-0.2, 0) is 4.74 Å². The Morgan fingerprint density at radius 3 is 2.69 bits per heavy atom. The Kier molecular flexibility index (Phi) is 4.52. The van der Waals surface area contributed by atoms with E-state index in [-0.39, 0.29) is 5.60 Å². The Labute approximate surface area is 170 Å². The molecule has 1 aliphatic carbocycles. The summed E-state index contributed by atoms with van der Waals surface area (Å²) in [6.07, 6.45) is 5.66. The highest BCUT2D eigenvalue weighted by Gasteiger charge is 2.40. The summed E-state index contributed by atoms with van der Waals surface area (Å²) in [5, 5.41) is 12.3. The minimum atomic E-state index is -0.0749. The molecule has 0 amide bonds. The minimum absolute atomic E-state index is 0.0749. The van der Waals surface area contributed by atoms with E-state index < -0.39 is 0 Å². The molecule has 1 aromatic heterocycles. The maximum absolute atomic E-state index is 8.73. The highest BCUT2D eigenvalue weighted by atomic mass is 16.5. The van der Waals surface area contributed by atoms with Crippen LogP contribution in [-0.4, -0.2) is 46.6 Å². The normalized spacial score (nSPS) is 27.3. The molecule has 152 valence electrons. The molecule has 0 spiro atoms. The third kappa shape index (κ3) is 3.84. The molecule has 3 heterocycles. The van der Waals surface area contributed by atoms with Crippen LogP contribution in [0.2, 0.25) is 0 Å². The lowest BCUT2D eigenvalue weighted by atomic mass is 9.84. The molecule has 0 radical (unpaired) electrons. The molecule has 1 aromatic carbocycles. The van der Waals surface area contributed by atoms with Gasteiger partial charge in [0.1, 0.15) is 17.7 Å². The van der Waals surface area contributed by atoms with Crippen molar-refractivity contribution in [1.82, 2.24) is 15.3 Å². The zero-order chi connectivity index (χ0) is 20.0. The number of nitrogens with one attached hydrogen (secondary N) is 2. The maximum Gasteiger partial charge on any atom is 0.120 e. The molecule has 2 aliphatic heterocycles. The van der Waals surface area contributed by atoms with Gasteiger partial charge in [-0.1, -0.05) is 0 Å². The van der Waals surface area contributed by atoms with Crippen molar-refractivity contribution in [3.8, 4) is 5.75 Å². The summed E-state index contributed by atoms with van der Waals surface area (Å²) in [6.45, 7) is 3.61. The number of ether oxygens (including phenoxy) is 2. The lowest BCUT2D eigenvalue weighted by molar-refractivity contribution is 0.0176. The average Bonchev–Trinajstić information content (AvgIpc) is 3.45. The van der Waals surface area contributed by atoms with Gasteiger partial charge >= 0.3 is 0 Å². The van der Waals surface area contributed by atoms with Crippen LogP contribution in [0.5, 0.6) is 5.75 Å². The number of nitrogens with two attached hydrogens (primary N) is 1. The molecule has 3 fully saturated rings. The van der Waals surface area contributed by atoms with E-state index in [2.05, 4.69) is 22.2 Å². The first-order chi connectivity index (χ1) is 14.0. The molecule has 1 saturated carbocycles.